The quantitative estimate of drug-likeness (QED) is 0.116. The maximum Gasteiger partial charge on any atom is 0.277 e. The van der Waals surface area contributed by atoms with Gasteiger partial charge in [0.15, 0.2) is 0 Å². The van der Waals surface area contributed by atoms with Crippen LogP contribution in [-0.4, -0.2) is 5.92 Å². The molecule has 3 unspecified atom stereocenters. The summed E-state index contributed by atoms with van der Waals surface area (Å²) in [6, 6.07) is 0. The van der Waals surface area contributed by atoms with Crippen LogP contribution in [0.15, 0.2) is 95.7 Å². The minimum absolute atomic E-state index is 0.0181. The summed E-state index contributed by atoms with van der Waals surface area (Å²) in [6.45, 7) is 23.5. The second kappa shape index (κ2) is 15.6. The predicted molar refractivity (Wildman–Crippen MR) is 172 cm³/mol. The molecule has 216 valence electrons. The molecular weight excluding hydrogens is 494 g/mol. The average Bonchev–Trinajstić information content (AvgIpc) is 3.45. The first kappa shape index (κ1) is 34.9. The molecule has 0 N–H and O–H groups in total. The highest BCUT2D eigenvalue weighted by Crippen LogP contribution is 2.70. The van der Waals surface area contributed by atoms with Gasteiger partial charge in [0.2, 0.25) is 0 Å². The predicted octanol–water partition coefficient (Wildman–Crippen LogP) is 11.1. The molecule has 1 fully saturated rings. The SMILES string of the molecule is C#CCC(C(=C\CC(=C)C/C(=C\C)C(C)C#C/C(=C\C)C(C)(F)F)/C(C)=C/C=C\C=C)C1(C=CCC)CC1(C)C. The van der Waals surface area contributed by atoms with Crippen molar-refractivity contribution < 1.29 is 8.78 Å². The van der Waals surface area contributed by atoms with Crippen LogP contribution in [0.4, 0.5) is 8.78 Å². The normalized spacial score (nSPS) is 21.5. The molecule has 3 atom stereocenters. The maximum atomic E-state index is 13.8. The summed E-state index contributed by atoms with van der Waals surface area (Å²) in [5, 5.41) is 0. The standard InChI is InChI=1S/C38H50F2/c1-12-17-19-21-31(8)34(35(20-14-3)38(26-18-13-2)28-36(38,9)10)25-22-29(6)27-32(15-4)30(7)23-24-33(16-5)37(11,39)40/h3,12,15-19,21,25-26,30,35H,1,6,13,20,22,27-28H2,2,4-5,7-11H3/b19-17-,26-18?,31-21+,32-15+,33-16+,34-25-. The number of hydrogen-bond donors (Lipinski definition) is 0. The number of alkyl halides is 2. The molecule has 0 aromatic heterocycles. The van der Waals surface area contributed by atoms with E-state index < -0.39 is 5.92 Å². The maximum absolute atomic E-state index is 13.8. The van der Waals surface area contributed by atoms with Crippen LogP contribution in [0.5, 0.6) is 0 Å². The van der Waals surface area contributed by atoms with E-state index in [0.717, 1.165) is 30.9 Å². The topological polar surface area (TPSA) is 0 Å². The van der Waals surface area contributed by atoms with Crippen molar-refractivity contribution in [1.29, 1.82) is 0 Å². The molecular formula is C38H50F2. The van der Waals surface area contributed by atoms with Gasteiger partial charge in [0.25, 0.3) is 5.92 Å². The highest BCUT2D eigenvalue weighted by molar-refractivity contribution is 5.42. The van der Waals surface area contributed by atoms with Crippen LogP contribution in [0.1, 0.15) is 87.5 Å². The molecule has 0 spiro atoms. The van der Waals surface area contributed by atoms with E-state index in [1.165, 1.54) is 17.2 Å². The highest BCUT2D eigenvalue weighted by Gasteiger charge is 2.63. The molecule has 2 heteroatoms. The zero-order chi connectivity index (χ0) is 30.6. The van der Waals surface area contributed by atoms with Crippen LogP contribution in [-0.2, 0) is 0 Å². The minimum atomic E-state index is -2.94. The van der Waals surface area contributed by atoms with Gasteiger partial charge < -0.3 is 0 Å². The lowest BCUT2D eigenvalue weighted by Crippen LogP contribution is -2.22. The van der Waals surface area contributed by atoms with Crippen LogP contribution in [0.3, 0.4) is 0 Å². The van der Waals surface area contributed by atoms with Gasteiger partial charge in [-0.2, -0.15) is 0 Å². The summed E-state index contributed by atoms with van der Waals surface area (Å²) in [7, 11) is 0. The van der Waals surface area contributed by atoms with Gasteiger partial charge >= 0.3 is 0 Å². The fraction of sp³-hybridized carbons (Fsp3) is 0.474. The molecule has 0 aromatic rings. The number of hydrogen-bond acceptors (Lipinski definition) is 0. The van der Waals surface area contributed by atoms with E-state index in [1.807, 2.05) is 32.1 Å². The number of terminal acetylenes is 1. The molecule has 40 heavy (non-hydrogen) atoms. The van der Waals surface area contributed by atoms with Crippen molar-refractivity contribution in [3.05, 3.63) is 95.7 Å². The molecule has 0 aliphatic heterocycles. The van der Waals surface area contributed by atoms with Crippen molar-refractivity contribution in [3.8, 4) is 24.2 Å². The van der Waals surface area contributed by atoms with E-state index in [2.05, 4.69) is 82.9 Å². The van der Waals surface area contributed by atoms with Crippen molar-refractivity contribution >= 4 is 0 Å². The van der Waals surface area contributed by atoms with Gasteiger partial charge in [-0.15, -0.1) is 12.3 Å². The lowest BCUT2D eigenvalue weighted by atomic mass is 9.73. The lowest BCUT2D eigenvalue weighted by Gasteiger charge is -2.30. The van der Waals surface area contributed by atoms with Crippen molar-refractivity contribution in [2.24, 2.45) is 22.7 Å². The molecule has 1 aliphatic carbocycles. The van der Waals surface area contributed by atoms with E-state index in [9.17, 15) is 8.78 Å². The first-order valence-electron chi connectivity index (χ1n) is 14.4. The van der Waals surface area contributed by atoms with Crippen LogP contribution in [0, 0.1) is 46.9 Å². The largest absolute Gasteiger partial charge is 0.277 e. The van der Waals surface area contributed by atoms with Gasteiger partial charge in [-0.05, 0) is 69.9 Å². The summed E-state index contributed by atoms with van der Waals surface area (Å²) in [4.78, 5) is 0. The van der Waals surface area contributed by atoms with Crippen LogP contribution in [0.2, 0.25) is 0 Å². The molecule has 1 aliphatic rings. The monoisotopic (exact) mass is 544 g/mol. The number of halogens is 2. The Labute approximate surface area is 244 Å². The Bertz CT molecular complexity index is 1180. The lowest BCUT2D eigenvalue weighted by molar-refractivity contribution is 0.0686. The summed E-state index contributed by atoms with van der Waals surface area (Å²) in [5.41, 5.74) is 4.61. The Kier molecular flexibility index (Phi) is 13.6. The zero-order valence-corrected chi connectivity index (χ0v) is 26.1. The molecule has 0 heterocycles. The second-order valence-electron chi connectivity index (χ2n) is 11.6. The summed E-state index contributed by atoms with van der Waals surface area (Å²) in [5.74, 6) is 5.79. The molecule has 1 rings (SSSR count). The second-order valence-corrected chi connectivity index (χ2v) is 11.6. The van der Waals surface area contributed by atoms with Gasteiger partial charge in [-0.25, -0.2) is 8.78 Å². The molecule has 0 nitrogen and oxygen atoms in total. The highest BCUT2D eigenvalue weighted by atomic mass is 19.3. The Balaban J connectivity index is 3.37. The molecule has 1 saturated carbocycles. The molecule has 0 aromatic carbocycles. The fourth-order valence-electron chi connectivity index (χ4n) is 5.49. The molecule has 0 radical (unpaired) electrons. The van der Waals surface area contributed by atoms with E-state index >= 15 is 0 Å². The van der Waals surface area contributed by atoms with Crippen molar-refractivity contribution in [2.45, 2.75) is 93.4 Å². The Morgan fingerprint density at radius 3 is 2.30 bits per heavy atom. The van der Waals surface area contributed by atoms with Gasteiger partial charge in [-0.1, -0.05) is 112 Å². The van der Waals surface area contributed by atoms with Gasteiger partial charge in [0.05, 0.1) is 5.57 Å². The first-order chi connectivity index (χ1) is 18.7. The van der Waals surface area contributed by atoms with E-state index in [0.29, 0.717) is 19.3 Å². The van der Waals surface area contributed by atoms with Crippen molar-refractivity contribution in [2.75, 3.05) is 0 Å². The van der Waals surface area contributed by atoms with Crippen molar-refractivity contribution in [3.63, 3.8) is 0 Å². The Morgan fingerprint density at radius 2 is 1.82 bits per heavy atom. The minimum Gasteiger partial charge on any atom is -0.201 e. The Morgan fingerprint density at radius 1 is 1.18 bits per heavy atom. The molecule has 0 bridgehead atoms. The van der Waals surface area contributed by atoms with Gasteiger partial charge in [0.1, 0.15) is 0 Å². The summed E-state index contributed by atoms with van der Waals surface area (Å²) in [6.07, 6.45) is 28.3. The third-order valence-electron chi connectivity index (χ3n) is 8.07. The summed E-state index contributed by atoms with van der Waals surface area (Å²) >= 11 is 0. The van der Waals surface area contributed by atoms with Crippen LogP contribution < -0.4 is 0 Å². The average molecular weight is 545 g/mol. The molecule has 0 amide bonds. The number of rotatable bonds is 14. The van der Waals surface area contributed by atoms with Gasteiger partial charge in [-0.3, -0.25) is 0 Å². The van der Waals surface area contributed by atoms with E-state index in [1.54, 1.807) is 13.0 Å². The first-order valence-corrected chi connectivity index (χ1v) is 14.4. The smallest absolute Gasteiger partial charge is 0.201 e. The third kappa shape index (κ3) is 9.52. The van der Waals surface area contributed by atoms with Crippen molar-refractivity contribution in [1.82, 2.24) is 0 Å². The summed E-state index contributed by atoms with van der Waals surface area (Å²) < 4.78 is 27.5. The fourth-order valence-corrected chi connectivity index (χ4v) is 5.49. The third-order valence-corrected chi connectivity index (χ3v) is 8.07. The van der Waals surface area contributed by atoms with E-state index in [4.69, 9.17) is 6.42 Å². The Hall–Kier alpha value is -3.10. The number of allylic oxidation sites excluding steroid dienone is 14. The van der Waals surface area contributed by atoms with Crippen LogP contribution in [0.25, 0.3) is 0 Å². The zero-order valence-electron chi connectivity index (χ0n) is 26.1. The molecule has 0 saturated heterocycles. The van der Waals surface area contributed by atoms with E-state index in [-0.39, 0.29) is 28.2 Å². The van der Waals surface area contributed by atoms with Crippen LogP contribution >= 0.6 is 0 Å². The van der Waals surface area contributed by atoms with Gasteiger partial charge in [0, 0.05) is 30.6 Å².